The average molecular weight is 499 g/mol. The summed E-state index contributed by atoms with van der Waals surface area (Å²) < 4.78 is 49.3. The Morgan fingerprint density at radius 2 is 1.42 bits per heavy atom. The van der Waals surface area contributed by atoms with Crippen LogP contribution in [-0.2, 0) is 0 Å². The van der Waals surface area contributed by atoms with E-state index in [0.717, 1.165) is 62.8 Å². The summed E-state index contributed by atoms with van der Waals surface area (Å²) in [6.45, 7) is 2.23. The maximum absolute atomic E-state index is 15.2. The van der Waals surface area contributed by atoms with Crippen molar-refractivity contribution in [1.29, 1.82) is 0 Å². The van der Waals surface area contributed by atoms with Gasteiger partial charge in [0.25, 0.3) is 0 Å². The van der Waals surface area contributed by atoms with E-state index in [4.69, 9.17) is 4.74 Å². The van der Waals surface area contributed by atoms with Crippen molar-refractivity contribution < 1.29 is 17.9 Å². The molecule has 4 heteroatoms. The third-order valence-electron chi connectivity index (χ3n) is 8.59. The molecule has 0 amide bonds. The van der Waals surface area contributed by atoms with Crippen LogP contribution in [0, 0.1) is 29.3 Å². The molecule has 2 fully saturated rings. The van der Waals surface area contributed by atoms with Gasteiger partial charge in [0, 0.05) is 0 Å². The second-order valence-corrected chi connectivity index (χ2v) is 11.0. The third kappa shape index (κ3) is 6.55. The van der Waals surface area contributed by atoms with Gasteiger partial charge in [-0.25, -0.2) is 13.2 Å². The largest absolute Gasteiger partial charge is 0.494 e. The maximum Gasteiger partial charge on any atom is 0.165 e. The summed E-state index contributed by atoms with van der Waals surface area (Å²) in [5.74, 6) is -0.0206. The van der Waals surface area contributed by atoms with Gasteiger partial charge in [0.2, 0.25) is 0 Å². The van der Waals surface area contributed by atoms with E-state index in [0.29, 0.717) is 17.0 Å². The lowest BCUT2D eigenvalue weighted by Crippen LogP contribution is -2.17. The molecular weight excluding hydrogens is 457 g/mol. The zero-order chi connectivity index (χ0) is 25.5. The smallest absolute Gasteiger partial charge is 0.165 e. The minimum atomic E-state index is -0.620. The highest BCUT2D eigenvalue weighted by Gasteiger charge is 2.29. The standard InChI is InChI=1S/C32H41F3O/c1-3-4-5-6-22-9-14-25(15-10-22)27-18-19-28(32(35)31(27)34)26-16-11-23(12-17-26)7-8-24-13-20-30(36-2)29(33)21-24/h7-8,13,18-23,25-26H,3-6,9-12,14-17H2,1-2H3. The predicted molar refractivity (Wildman–Crippen MR) is 142 cm³/mol. The van der Waals surface area contributed by atoms with E-state index in [9.17, 15) is 4.39 Å². The van der Waals surface area contributed by atoms with Crippen LogP contribution in [0.25, 0.3) is 6.08 Å². The molecule has 0 aliphatic heterocycles. The molecule has 0 N–H and O–H groups in total. The van der Waals surface area contributed by atoms with Crippen molar-refractivity contribution in [1.82, 2.24) is 0 Å². The summed E-state index contributed by atoms with van der Waals surface area (Å²) in [5.41, 5.74) is 1.94. The highest BCUT2D eigenvalue weighted by atomic mass is 19.2. The molecule has 0 aromatic heterocycles. The van der Waals surface area contributed by atoms with E-state index in [1.165, 1.54) is 38.9 Å². The van der Waals surface area contributed by atoms with Crippen LogP contribution in [0.15, 0.2) is 36.4 Å². The van der Waals surface area contributed by atoms with Crippen LogP contribution in [0.3, 0.4) is 0 Å². The number of ether oxygens (including phenoxy) is 1. The molecule has 36 heavy (non-hydrogen) atoms. The Morgan fingerprint density at radius 1 is 0.806 bits per heavy atom. The fourth-order valence-electron chi connectivity index (χ4n) is 6.31. The van der Waals surface area contributed by atoms with Crippen molar-refractivity contribution in [3.63, 3.8) is 0 Å². The van der Waals surface area contributed by atoms with E-state index in [1.807, 2.05) is 24.3 Å². The molecule has 0 radical (unpaired) electrons. The number of methoxy groups -OCH3 is 1. The van der Waals surface area contributed by atoms with Crippen LogP contribution in [-0.4, -0.2) is 7.11 Å². The molecular formula is C32H41F3O. The first kappa shape index (κ1) is 26.8. The molecule has 0 bridgehead atoms. The number of rotatable bonds is 9. The van der Waals surface area contributed by atoms with E-state index < -0.39 is 11.6 Å². The molecule has 1 nitrogen and oxygen atoms in total. The Morgan fingerprint density at radius 3 is 1.97 bits per heavy atom. The normalized spacial score (nSPS) is 24.8. The van der Waals surface area contributed by atoms with Gasteiger partial charge < -0.3 is 4.74 Å². The fraction of sp³-hybridized carbons (Fsp3) is 0.562. The second kappa shape index (κ2) is 12.8. The molecule has 2 saturated carbocycles. The Bertz CT molecular complexity index is 1010. The Balaban J connectivity index is 1.31. The highest BCUT2D eigenvalue weighted by molar-refractivity contribution is 5.51. The minimum absolute atomic E-state index is 0.0610. The minimum Gasteiger partial charge on any atom is -0.494 e. The monoisotopic (exact) mass is 498 g/mol. The van der Waals surface area contributed by atoms with Crippen LogP contribution in [0.2, 0.25) is 0 Å². The highest BCUT2D eigenvalue weighted by Crippen LogP contribution is 2.42. The molecule has 0 atom stereocenters. The summed E-state index contributed by atoms with van der Waals surface area (Å²) in [5, 5.41) is 0. The van der Waals surface area contributed by atoms with E-state index >= 15 is 8.78 Å². The van der Waals surface area contributed by atoms with E-state index in [2.05, 4.69) is 13.0 Å². The zero-order valence-electron chi connectivity index (χ0n) is 21.9. The van der Waals surface area contributed by atoms with Gasteiger partial charge in [-0.1, -0.05) is 63.0 Å². The summed E-state index contributed by atoms with van der Waals surface area (Å²) in [4.78, 5) is 0. The van der Waals surface area contributed by atoms with Gasteiger partial charge >= 0.3 is 0 Å². The van der Waals surface area contributed by atoms with Crippen molar-refractivity contribution in [2.24, 2.45) is 11.8 Å². The summed E-state index contributed by atoms with van der Waals surface area (Å²) >= 11 is 0. The first-order valence-corrected chi connectivity index (χ1v) is 14.0. The second-order valence-electron chi connectivity index (χ2n) is 11.0. The fourth-order valence-corrected chi connectivity index (χ4v) is 6.31. The van der Waals surface area contributed by atoms with E-state index in [1.54, 1.807) is 6.07 Å². The lowest BCUT2D eigenvalue weighted by Gasteiger charge is -2.30. The number of benzene rings is 2. The van der Waals surface area contributed by atoms with Gasteiger partial charge in [0.1, 0.15) is 0 Å². The van der Waals surface area contributed by atoms with E-state index in [-0.39, 0.29) is 23.4 Å². The number of hydrogen-bond donors (Lipinski definition) is 0. The molecule has 0 unspecified atom stereocenters. The summed E-state index contributed by atoms with van der Waals surface area (Å²) in [7, 11) is 1.45. The number of halogens is 3. The Kier molecular flexibility index (Phi) is 9.56. The van der Waals surface area contributed by atoms with Crippen molar-refractivity contribution in [3.05, 3.63) is 70.5 Å². The average Bonchev–Trinajstić information content (AvgIpc) is 2.90. The summed E-state index contributed by atoms with van der Waals surface area (Å²) in [6, 6.07) is 8.68. The molecule has 4 rings (SSSR count). The maximum atomic E-state index is 15.2. The molecule has 196 valence electrons. The van der Waals surface area contributed by atoms with Crippen LogP contribution in [0.5, 0.6) is 5.75 Å². The molecule has 2 aliphatic rings. The SMILES string of the molecule is CCCCCC1CCC(c2ccc(C3CCC(C=Cc4ccc(OC)c(F)c4)CC3)c(F)c2F)CC1. The van der Waals surface area contributed by atoms with Crippen LogP contribution in [0.4, 0.5) is 13.2 Å². The molecule has 0 saturated heterocycles. The number of hydrogen-bond acceptors (Lipinski definition) is 1. The lowest BCUT2D eigenvalue weighted by atomic mass is 9.75. The van der Waals surface area contributed by atoms with Crippen LogP contribution < -0.4 is 4.74 Å². The molecule has 0 spiro atoms. The van der Waals surface area contributed by atoms with Gasteiger partial charge in [-0.15, -0.1) is 0 Å². The third-order valence-corrected chi connectivity index (χ3v) is 8.59. The Labute approximate surface area is 215 Å². The molecule has 0 heterocycles. The number of unbranched alkanes of at least 4 members (excludes halogenated alkanes) is 2. The number of allylic oxidation sites excluding steroid dienone is 1. The predicted octanol–water partition coefficient (Wildman–Crippen LogP) is 9.95. The quantitative estimate of drug-likeness (QED) is 0.313. The van der Waals surface area contributed by atoms with Gasteiger partial charge in [0.05, 0.1) is 7.11 Å². The van der Waals surface area contributed by atoms with Crippen molar-refractivity contribution in [2.75, 3.05) is 7.11 Å². The lowest BCUT2D eigenvalue weighted by molar-refractivity contribution is 0.297. The van der Waals surface area contributed by atoms with Crippen molar-refractivity contribution in [2.45, 2.75) is 95.8 Å². The molecule has 2 aromatic carbocycles. The van der Waals surface area contributed by atoms with Crippen LogP contribution in [0.1, 0.15) is 112 Å². The topological polar surface area (TPSA) is 9.23 Å². The molecule has 2 aliphatic carbocycles. The Hall–Kier alpha value is -2.23. The van der Waals surface area contributed by atoms with Crippen LogP contribution >= 0.6 is 0 Å². The van der Waals surface area contributed by atoms with Gasteiger partial charge in [0.15, 0.2) is 23.2 Å². The van der Waals surface area contributed by atoms with Gasteiger partial charge in [-0.2, -0.15) is 0 Å². The van der Waals surface area contributed by atoms with Gasteiger partial charge in [-0.05, 0) is 104 Å². The zero-order valence-corrected chi connectivity index (χ0v) is 21.9. The first-order valence-electron chi connectivity index (χ1n) is 14.0. The summed E-state index contributed by atoms with van der Waals surface area (Å²) in [6.07, 6.45) is 16.9. The molecule has 2 aromatic rings. The first-order chi connectivity index (χ1) is 17.5. The van der Waals surface area contributed by atoms with Crippen molar-refractivity contribution in [3.8, 4) is 5.75 Å². The van der Waals surface area contributed by atoms with Crippen molar-refractivity contribution >= 4 is 6.08 Å². The van der Waals surface area contributed by atoms with Gasteiger partial charge in [-0.3, -0.25) is 0 Å².